The van der Waals surface area contributed by atoms with Crippen molar-refractivity contribution in [3.05, 3.63) is 102 Å². The van der Waals surface area contributed by atoms with E-state index in [2.05, 4.69) is 10.2 Å². The van der Waals surface area contributed by atoms with Crippen molar-refractivity contribution in [2.45, 2.75) is 30.7 Å². The van der Waals surface area contributed by atoms with Crippen LogP contribution in [0.5, 0.6) is 0 Å². The number of piperidine rings is 1. The highest BCUT2D eigenvalue weighted by atomic mass is 32.2. The fourth-order valence-electron chi connectivity index (χ4n) is 4.76. The Bertz CT molecular complexity index is 1570. The summed E-state index contributed by atoms with van der Waals surface area (Å²) in [6, 6.07) is 18.4. The Kier molecular flexibility index (Phi) is 7.40. The molecule has 1 N–H and O–H groups in total. The highest BCUT2D eigenvalue weighted by Gasteiger charge is 2.25. The molecule has 0 radical (unpaired) electrons. The molecule has 1 amide bonds. The van der Waals surface area contributed by atoms with Gasteiger partial charge in [-0.05, 0) is 74.0 Å². The zero-order valence-electron chi connectivity index (χ0n) is 20.8. The van der Waals surface area contributed by atoms with Crippen LogP contribution in [0, 0.1) is 5.82 Å². The Labute approximate surface area is 220 Å². The van der Waals surface area contributed by atoms with E-state index in [4.69, 9.17) is 0 Å². The van der Waals surface area contributed by atoms with E-state index < -0.39 is 10.0 Å². The van der Waals surface area contributed by atoms with Crippen molar-refractivity contribution in [1.82, 2.24) is 14.2 Å². The van der Waals surface area contributed by atoms with Gasteiger partial charge < -0.3 is 5.32 Å². The van der Waals surface area contributed by atoms with Crippen LogP contribution >= 0.6 is 0 Å². The molecule has 1 aliphatic rings. The molecule has 1 aromatic heterocycles. The average Bonchev–Trinajstić information content (AvgIpc) is 3.34. The first-order valence-electron chi connectivity index (χ1n) is 12.6. The third-order valence-corrected chi connectivity index (χ3v) is 8.52. The number of hydrogen-bond donors (Lipinski definition) is 1. The second-order valence-corrected chi connectivity index (χ2v) is 11.3. The van der Waals surface area contributed by atoms with Crippen LogP contribution in [-0.4, -0.2) is 48.6 Å². The molecule has 38 heavy (non-hydrogen) atoms. The lowest BCUT2D eigenvalue weighted by Gasteiger charge is -2.25. The van der Waals surface area contributed by atoms with E-state index in [1.54, 1.807) is 36.4 Å². The number of rotatable bonds is 8. The van der Waals surface area contributed by atoms with Crippen molar-refractivity contribution in [1.29, 1.82) is 0 Å². The van der Waals surface area contributed by atoms with Gasteiger partial charge in [0.1, 0.15) is 5.82 Å². The standard InChI is InChI=1S/C29H28FN3O4S/c30-23-12-8-21(9-13-23)18-31-29(35)22-10-14-24(15-11-22)38(36,37)33-19-26(25-6-2-3-7-27(25)33)28(34)20-32-16-4-1-5-17-32/h2-3,6-15,19H,1,4-5,16-18,20H2,(H,31,35). The molecular weight excluding hydrogens is 505 g/mol. The molecule has 5 rings (SSSR count). The lowest BCUT2D eigenvalue weighted by molar-refractivity contribution is 0.0915. The minimum absolute atomic E-state index is 0.00312. The number of ketones is 1. The summed E-state index contributed by atoms with van der Waals surface area (Å²) in [5.74, 6) is -0.841. The molecule has 3 aromatic carbocycles. The summed E-state index contributed by atoms with van der Waals surface area (Å²) in [4.78, 5) is 27.9. The van der Waals surface area contributed by atoms with E-state index in [1.807, 2.05) is 0 Å². The number of hydrogen-bond acceptors (Lipinski definition) is 5. The molecule has 0 aliphatic carbocycles. The Morgan fingerprint density at radius 1 is 0.868 bits per heavy atom. The molecule has 196 valence electrons. The van der Waals surface area contributed by atoms with Crippen LogP contribution in [0.25, 0.3) is 10.9 Å². The summed E-state index contributed by atoms with van der Waals surface area (Å²) >= 11 is 0. The van der Waals surface area contributed by atoms with E-state index in [9.17, 15) is 22.4 Å². The SMILES string of the molecule is O=C(NCc1ccc(F)cc1)c1ccc(S(=O)(=O)n2cc(C(=O)CN3CCCCC3)c3ccccc32)cc1. The summed E-state index contributed by atoms with van der Waals surface area (Å²) in [5, 5.41) is 3.33. The lowest BCUT2D eigenvalue weighted by Crippen LogP contribution is -2.34. The summed E-state index contributed by atoms with van der Waals surface area (Å²) in [6.45, 7) is 2.21. The molecule has 0 spiro atoms. The number of amides is 1. The number of nitrogens with zero attached hydrogens (tertiary/aromatic N) is 2. The van der Waals surface area contributed by atoms with Crippen molar-refractivity contribution in [3.8, 4) is 0 Å². The first kappa shape index (κ1) is 25.8. The van der Waals surface area contributed by atoms with Crippen LogP contribution in [0.3, 0.4) is 0 Å². The van der Waals surface area contributed by atoms with Crippen molar-refractivity contribution < 1.29 is 22.4 Å². The fraction of sp³-hybridized carbons (Fsp3) is 0.241. The highest BCUT2D eigenvalue weighted by molar-refractivity contribution is 7.90. The molecule has 0 saturated carbocycles. The largest absolute Gasteiger partial charge is 0.348 e. The second-order valence-electron chi connectivity index (χ2n) is 9.45. The van der Waals surface area contributed by atoms with E-state index in [-0.39, 0.29) is 35.5 Å². The predicted octanol–water partition coefficient (Wildman–Crippen LogP) is 4.62. The number of halogens is 1. The monoisotopic (exact) mass is 533 g/mol. The average molecular weight is 534 g/mol. The molecule has 4 aromatic rings. The van der Waals surface area contributed by atoms with Gasteiger partial charge in [-0.15, -0.1) is 0 Å². The van der Waals surface area contributed by atoms with Crippen molar-refractivity contribution >= 4 is 32.6 Å². The Hall–Kier alpha value is -3.82. The van der Waals surface area contributed by atoms with Crippen LogP contribution < -0.4 is 5.32 Å². The molecule has 1 fully saturated rings. The van der Waals surface area contributed by atoms with Gasteiger partial charge >= 0.3 is 0 Å². The van der Waals surface area contributed by atoms with E-state index in [1.165, 1.54) is 42.6 Å². The Morgan fingerprint density at radius 3 is 2.26 bits per heavy atom. The maximum Gasteiger partial charge on any atom is 0.268 e. The summed E-state index contributed by atoms with van der Waals surface area (Å²) in [7, 11) is -4.03. The zero-order chi connectivity index (χ0) is 26.7. The molecule has 1 saturated heterocycles. The van der Waals surface area contributed by atoms with Gasteiger partial charge in [-0.1, -0.05) is 36.8 Å². The summed E-state index contributed by atoms with van der Waals surface area (Å²) in [6.07, 6.45) is 4.69. The number of carbonyl (C=O) groups is 2. The van der Waals surface area contributed by atoms with Gasteiger partial charge in [-0.3, -0.25) is 14.5 Å². The first-order chi connectivity index (χ1) is 18.3. The first-order valence-corrected chi connectivity index (χ1v) is 14.0. The number of aromatic nitrogens is 1. The van der Waals surface area contributed by atoms with Gasteiger partial charge in [-0.25, -0.2) is 16.8 Å². The number of benzene rings is 3. The van der Waals surface area contributed by atoms with Gasteiger partial charge in [-0.2, -0.15) is 0 Å². The zero-order valence-corrected chi connectivity index (χ0v) is 21.6. The summed E-state index contributed by atoms with van der Waals surface area (Å²) < 4.78 is 41.4. The summed E-state index contributed by atoms with van der Waals surface area (Å²) in [5.41, 5.74) is 1.84. The van der Waals surface area contributed by atoms with E-state index in [0.717, 1.165) is 41.9 Å². The maximum absolute atomic E-state index is 13.6. The van der Waals surface area contributed by atoms with Gasteiger partial charge in [0.2, 0.25) is 0 Å². The lowest BCUT2D eigenvalue weighted by atomic mass is 10.1. The van der Waals surface area contributed by atoms with Gasteiger partial charge in [0.25, 0.3) is 15.9 Å². The van der Waals surface area contributed by atoms with Crippen LogP contribution in [0.2, 0.25) is 0 Å². The minimum atomic E-state index is -4.03. The smallest absolute Gasteiger partial charge is 0.268 e. The van der Waals surface area contributed by atoms with Gasteiger partial charge in [0.05, 0.1) is 17.0 Å². The molecule has 0 unspecified atom stereocenters. The number of fused-ring (bicyclic) bond motifs is 1. The van der Waals surface area contributed by atoms with Crippen LogP contribution in [0.15, 0.2) is 83.9 Å². The van der Waals surface area contributed by atoms with Crippen LogP contribution in [-0.2, 0) is 16.6 Å². The third kappa shape index (κ3) is 5.39. The molecule has 0 atom stereocenters. The fourth-order valence-corrected chi connectivity index (χ4v) is 6.12. The minimum Gasteiger partial charge on any atom is -0.348 e. The van der Waals surface area contributed by atoms with Crippen molar-refractivity contribution in [3.63, 3.8) is 0 Å². The molecule has 9 heteroatoms. The molecule has 0 bridgehead atoms. The second kappa shape index (κ2) is 10.9. The Balaban J connectivity index is 1.36. The number of para-hydroxylation sites is 1. The molecular formula is C29H28FN3O4S. The van der Waals surface area contributed by atoms with Crippen LogP contribution in [0.1, 0.15) is 45.5 Å². The van der Waals surface area contributed by atoms with E-state index in [0.29, 0.717) is 22.0 Å². The Morgan fingerprint density at radius 2 is 1.55 bits per heavy atom. The van der Waals surface area contributed by atoms with Gasteiger partial charge in [0, 0.05) is 29.3 Å². The number of nitrogens with one attached hydrogen (secondary N) is 1. The predicted molar refractivity (Wildman–Crippen MR) is 143 cm³/mol. The number of carbonyl (C=O) groups excluding carboxylic acids is 2. The molecule has 1 aliphatic heterocycles. The number of Topliss-reactive ketones (excluding diaryl/α,β-unsaturated/α-hetero) is 1. The topological polar surface area (TPSA) is 88.5 Å². The van der Waals surface area contributed by atoms with Crippen molar-refractivity contribution in [2.24, 2.45) is 0 Å². The van der Waals surface area contributed by atoms with Gasteiger partial charge in [0.15, 0.2) is 5.78 Å². The third-order valence-electron chi connectivity index (χ3n) is 6.83. The molecule has 2 heterocycles. The quantitative estimate of drug-likeness (QED) is 0.334. The van der Waals surface area contributed by atoms with Crippen molar-refractivity contribution in [2.75, 3.05) is 19.6 Å². The normalized spacial score (nSPS) is 14.4. The maximum atomic E-state index is 13.6. The number of likely N-dealkylation sites (tertiary alicyclic amines) is 1. The highest BCUT2D eigenvalue weighted by Crippen LogP contribution is 2.27. The van der Waals surface area contributed by atoms with E-state index >= 15 is 0 Å². The molecule has 7 nitrogen and oxygen atoms in total. The van der Waals surface area contributed by atoms with Crippen LogP contribution in [0.4, 0.5) is 4.39 Å².